The van der Waals surface area contributed by atoms with Gasteiger partial charge in [0.25, 0.3) is 5.91 Å². The third-order valence-corrected chi connectivity index (χ3v) is 3.70. The van der Waals surface area contributed by atoms with Crippen LogP contribution in [0.25, 0.3) is 0 Å². The van der Waals surface area contributed by atoms with E-state index in [0.29, 0.717) is 0 Å². The lowest BCUT2D eigenvalue weighted by Gasteiger charge is -2.21. The van der Waals surface area contributed by atoms with Gasteiger partial charge in [-0.1, -0.05) is 41.9 Å². The molecule has 0 aliphatic rings. The predicted octanol–water partition coefficient (Wildman–Crippen LogP) is 1.86. The number of likely N-dealkylation sites (N-methyl/N-ethyl adjacent to an activating group) is 1. The maximum absolute atomic E-state index is 13.0. The third-order valence-electron chi connectivity index (χ3n) is 3.40. The Balaban J connectivity index is 1.97. The highest BCUT2D eigenvalue weighted by Gasteiger charge is 2.18. The molecular weight excluding hydrogens is 331 g/mol. The number of amides is 1. The van der Waals surface area contributed by atoms with Gasteiger partial charge in [0.15, 0.2) is 6.61 Å². The van der Waals surface area contributed by atoms with Crippen molar-refractivity contribution in [2.24, 2.45) is 0 Å². The predicted molar refractivity (Wildman–Crippen MR) is 91.9 cm³/mol. The van der Waals surface area contributed by atoms with E-state index < -0.39 is 5.82 Å². The van der Waals surface area contributed by atoms with Crippen molar-refractivity contribution >= 4 is 17.5 Å². The first-order chi connectivity index (χ1) is 11.5. The van der Waals surface area contributed by atoms with Crippen molar-refractivity contribution in [3.8, 4) is 5.75 Å². The van der Waals surface area contributed by atoms with E-state index in [1.807, 2.05) is 44.4 Å². The topological polar surface area (TPSA) is 42.8 Å². The number of carbonyl (C=O) groups is 1. The van der Waals surface area contributed by atoms with Crippen molar-refractivity contribution in [1.82, 2.24) is 5.32 Å². The second-order valence-corrected chi connectivity index (χ2v) is 6.21. The van der Waals surface area contributed by atoms with Gasteiger partial charge in [-0.25, -0.2) is 4.39 Å². The second-order valence-electron chi connectivity index (χ2n) is 5.81. The van der Waals surface area contributed by atoms with Gasteiger partial charge in [0.2, 0.25) is 0 Å². The molecule has 0 aliphatic heterocycles. The first-order valence-corrected chi connectivity index (χ1v) is 8.04. The van der Waals surface area contributed by atoms with Crippen LogP contribution >= 0.6 is 11.6 Å². The van der Waals surface area contributed by atoms with Crippen LogP contribution in [0, 0.1) is 5.82 Å². The van der Waals surface area contributed by atoms with E-state index in [9.17, 15) is 9.18 Å². The molecule has 0 saturated carbocycles. The zero-order valence-electron chi connectivity index (χ0n) is 13.7. The fourth-order valence-electron chi connectivity index (χ4n) is 2.32. The van der Waals surface area contributed by atoms with Gasteiger partial charge in [-0.05, 0) is 23.8 Å². The molecule has 0 aromatic heterocycles. The summed E-state index contributed by atoms with van der Waals surface area (Å²) in [4.78, 5) is 13.4. The van der Waals surface area contributed by atoms with Crippen molar-refractivity contribution in [3.05, 3.63) is 64.9 Å². The number of hydrogen-bond acceptors (Lipinski definition) is 2. The van der Waals surface area contributed by atoms with E-state index >= 15 is 0 Å². The summed E-state index contributed by atoms with van der Waals surface area (Å²) in [6.45, 7) is 0.560. The minimum Gasteiger partial charge on any atom is -0.482 e. The molecule has 0 saturated heterocycles. The number of benzene rings is 2. The summed E-state index contributed by atoms with van der Waals surface area (Å²) in [7, 11) is 4.05. The highest BCUT2D eigenvalue weighted by atomic mass is 35.5. The van der Waals surface area contributed by atoms with Crippen LogP contribution in [0.5, 0.6) is 5.75 Å². The smallest absolute Gasteiger partial charge is 0.258 e. The van der Waals surface area contributed by atoms with Gasteiger partial charge >= 0.3 is 0 Å². The van der Waals surface area contributed by atoms with Crippen LogP contribution in [0.1, 0.15) is 11.6 Å². The number of rotatable bonds is 7. The van der Waals surface area contributed by atoms with Crippen LogP contribution in [0.2, 0.25) is 5.02 Å². The molecule has 2 aromatic carbocycles. The SMILES string of the molecule is C[NH+](C)C[C@H](NC(=O)COc1ccc(F)cc1Cl)c1ccccc1. The summed E-state index contributed by atoms with van der Waals surface area (Å²) in [5, 5.41) is 3.10. The minimum atomic E-state index is -0.449. The van der Waals surface area contributed by atoms with Crippen molar-refractivity contribution in [3.63, 3.8) is 0 Å². The van der Waals surface area contributed by atoms with Crippen molar-refractivity contribution in [2.45, 2.75) is 6.04 Å². The summed E-state index contributed by atoms with van der Waals surface area (Å²) in [6.07, 6.45) is 0. The van der Waals surface area contributed by atoms with Crippen LogP contribution in [0.15, 0.2) is 48.5 Å². The van der Waals surface area contributed by atoms with Crippen LogP contribution in [0.4, 0.5) is 4.39 Å². The third kappa shape index (κ3) is 5.51. The molecule has 2 rings (SSSR count). The standard InChI is InChI=1S/C18H20ClFN2O2/c1-22(2)11-16(13-6-4-3-5-7-13)21-18(23)12-24-17-9-8-14(20)10-15(17)19/h3-10,16H,11-12H2,1-2H3,(H,21,23)/p+1/t16-/m0/s1. The summed E-state index contributed by atoms with van der Waals surface area (Å²) < 4.78 is 18.4. The molecule has 24 heavy (non-hydrogen) atoms. The summed E-state index contributed by atoms with van der Waals surface area (Å²) in [5.74, 6) is -0.428. The molecule has 0 unspecified atom stereocenters. The van der Waals surface area contributed by atoms with Gasteiger partial charge in [-0.15, -0.1) is 0 Å². The molecule has 0 bridgehead atoms. The molecular formula is C18H21ClFN2O2+. The molecule has 2 aromatic rings. The highest BCUT2D eigenvalue weighted by Crippen LogP contribution is 2.24. The Labute approximate surface area is 146 Å². The van der Waals surface area contributed by atoms with Gasteiger partial charge in [0.1, 0.15) is 24.2 Å². The Morgan fingerprint density at radius 3 is 2.58 bits per heavy atom. The molecule has 0 spiro atoms. The van der Waals surface area contributed by atoms with Gasteiger partial charge in [-0.2, -0.15) is 0 Å². The largest absolute Gasteiger partial charge is 0.482 e. The van der Waals surface area contributed by atoms with Crippen molar-refractivity contribution in [1.29, 1.82) is 0 Å². The van der Waals surface area contributed by atoms with Crippen LogP contribution in [-0.4, -0.2) is 33.2 Å². The van der Waals surface area contributed by atoms with Gasteiger partial charge < -0.3 is 15.0 Å². The summed E-state index contributed by atoms with van der Waals surface area (Å²) in [6, 6.07) is 13.4. The van der Waals surface area contributed by atoms with E-state index in [1.165, 1.54) is 17.0 Å². The molecule has 1 atom stereocenters. The molecule has 4 nitrogen and oxygen atoms in total. The van der Waals surface area contributed by atoms with Crippen LogP contribution in [0.3, 0.4) is 0 Å². The molecule has 1 amide bonds. The Morgan fingerprint density at radius 2 is 1.96 bits per heavy atom. The molecule has 2 N–H and O–H groups in total. The Kier molecular flexibility index (Phi) is 6.58. The van der Waals surface area contributed by atoms with Gasteiger partial charge in [0.05, 0.1) is 19.1 Å². The van der Waals surface area contributed by atoms with E-state index in [1.54, 1.807) is 0 Å². The normalized spacial score (nSPS) is 12.0. The first kappa shape index (κ1) is 18.2. The zero-order chi connectivity index (χ0) is 17.5. The first-order valence-electron chi connectivity index (χ1n) is 7.67. The molecule has 0 radical (unpaired) electrons. The number of halogens is 2. The quantitative estimate of drug-likeness (QED) is 0.799. The number of quaternary nitrogens is 1. The van der Waals surface area contributed by atoms with Gasteiger partial charge in [0, 0.05) is 0 Å². The lowest BCUT2D eigenvalue weighted by molar-refractivity contribution is -0.860. The molecule has 0 fully saturated rings. The van der Waals surface area contributed by atoms with Crippen molar-refractivity contribution < 1.29 is 18.8 Å². The van der Waals surface area contributed by atoms with Crippen LogP contribution in [-0.2, 0) is 4.79 Å². The number of ether oxygens (including phenoxy) is 1. The van der Waals surface area contributed by atoms with E-state index in [4.69, 9.17) is 16.3 Å². The summed E-state index contributed by atoms with van der Waals surface area (Å²) >= 11 is 5.88. The monoisotopic (exact) mass is 351 g/mol. The number of hydrogen-bond donors (Lipinski definition) is 2. The van der Waals surface area contributed by atoms with Crippen molar-refractivity contribution in [2.75, 3.05) is 27.2 Å². The van der Waals surface area contributed by atoms with E-state index in [2.05, 4.69) is 5.32 Å². The minimum absolute atomic E-state index is 0.115. The maximum atomic E-state index is 13.0. The fourth-order valence-corrected chi connectivity index (χ4v) is 2.54. The number of nitrogens with one attached hydrogen (secondary N) is 2. The lowest BCUT2D eigenvalue weighted by Crippen LogP contribution is -3.06. The molecule has 128 valence electrons. The van der Waals surface area contributed by atoms with E-state index in [-0.39, 0.29) is 29.3 Å². The molecule has 6 heteroatoms. The van der Waals surface area contributed by atoms with Gasteiger partial charge in [-0.3, -0.25) is 4.79 Å². The highest BCUT2D eigenvalue weighted by molar-refractivity contribution is 6.32. The van der Waals surface area contributed by atoms with Crippen LogP contribution < -0.4 is 15.0 Å². The average molecular weight is 352 g/mol. The molecule has 0 heterocycles. The average Bonchev–Trinajstić information content (AvgIpc) is 2.54. The molecule has 0 aliphatic carbocycles. The maximum Gasteiger partial charge on any atom is 0.258 e. The van der Waals surface area contributed by atoms with E-state index in [0.717, 1.165) is 18.2 Å². The zero-order valence-corrected chi connectivity index (χ0v) is 14.4. The Hall–Kier alpha value is -2.11. The number of carbonyl (C=O) groups excluding carboxylic acids is 1. The Bertz CT molecular complexity index is 680. The second kappa shape index (κ2) is 8.66. The Morgan fingerprint density at radius 1 is 1.25 bits per heavy atom. The lowest BCUT2D eigenvalue weighted by atomic mass is 10.1. The summed E-state index contributed by atoms with van der Waals surface area (Å²) in [5.41, 5.74) is 1.03. The fraction of sp³-hybridized carbons (Fsp3) is 0.278.